The summed E-state index contributed by atoms with van der Waals surface area (Å²) >= 11 is 0. The first-order valence-electron chi connectivity index (χ1n) is 3.83. The molecular weight excluding hydrogens is 108 g/mol. The molecule has 0 bridgehead atoms. The van der Waals surface area contributed by atoms with Crippen LogP contribution in [0.3, 0.4) is 0 Å². The second kappa shape index (κ2) is 5.36. The first-order chi connectivity index (χ1) is 4.80. The van der Waals surface area contributed by atoms with Gasteiger partial charge in [0.15, 0.2) is 0 Å². The molecule has 9 heavy (non-hydrogen) atoms. The molecule has 0 aliphatic rings. The summed E-state index contributed by atoms with van der Waals surface area (Å²) < 4.78 is 7.22. The molecule has 0 heteroatoms. The first-order valence-corrected chi connectivity index (χ1v) is 3.33. The van der Waals surface area contributed by atoms with E-state index in [9.17, 15) is 0 Å². The van der Waals surface area contributed by atoms with E-state index in [1.165, 1.54) is 0 Å². The Kier molecular flexibility index (Phi) is 3.78. The van der Waals surface area contributed by atoms with Crippen LogP contribution in [-0.2, 0) is 0 Å². The molecule has 0 atom stereocenters. The molecule has 0 amide bonds. The largest absolute Gasteiger partial charge is 0.0683 e. The van der Waals surface area contributed by atoms with Gasteiger partial charge in [0.2, 0.25) is 0 Å². The van der Waals surface area contributed by atoms with Crippen molar-refractivity contribution in [2.24, 2.45) is 0 Å². The minimum Gasteiger partial charge on any atom is -0.0683 e. The minimum atomic E-state index is 0.618. The van der Waals surface area contributed by atoms with Crippen LogP contribution in [0.5, 0.6) is 0 Å². The van der Waals surface area contributed by atoms with Gasteiger partial charge in [0.25, 0.3) is 0 Å². The SMILES string of the molecule is CC.[2H]c1ccccc1C. The number of hydrogen-bond acceptors (Lipinski definition) is 0. The highest BCUT2D eigenvalue weighted by Gasteiger charge is 1.72. The Morgan fingerprint density at radius 2 is 1.89 bits per heavy atom. The van der Waals surface area contributed by atoms with Crippen molar-refractivity contribution in [3.8, 4) is 0 Å². The van der Waals surface area contributed by atoms with E-state index in [0.29, 0.717) is 6.04 Å². The maximum atomic E-state index is 7.22. The monoisotopic (exact) mass is 123 g/mol. The lowest BCUT2D eigenvalue weighted by Crippen LogP contribution is -1.62. The lowest BCUT2D eigenvalue weighted by atomic mass is 10.2. The molecule has 0 nitrogen and oxygen atoms in total. The molecule has 0 spiro atoms. The third kappa shape index (κ3) is 3.77. The molecule has 0 saturated carbocycles. The molecule has 0 saturated heterocycles. The summed E-state index contributed by atoms with van der Waals surface area (Å²) in [7, 11) is 0. The molecule has 0 heterocycles. The molecule has 50 valence electrons. The second-order valence-electron chi connectivity index (χ2n) is 1.55. The Bertz CT molecular complexity index is 161. The van der Waals surface area contributed by atoms with E-state index in [2.05, 4.69) is 0 Å². The van der Waals surface area contributed by atoms with Crippen molar-refractivity contribution < 1.29 is 1.37 Å². The lowest BCUT2D eigenvalue weighted by Gasteiger charge is -1.82. The highest BCUT2D eigenvalue weighted by atomic mass is 13.8. The Labute approximate surface area is 58.9 Å². The molecule has 0 unspecified atom stereocenters. The van der Waals surface area contributed by atoms with E-state index in [1.54, 1.807) is 6.07 Å². The van der Waals surface area contributed by atoms with Crippen molar-refractivity contribution in [2.75, 3.05) is 0 Å². The molecule has 1 aromatic carbocycles. The van der Waals surface area contributed by atoms with E-state index < -0.39 is 0 Å². The number of rotatable bonds is 0. The van der Waals surface area contributed by atoms with E-state index in [4.69, 9.17) is 1.37 Å². The van der Waals surface area contributed by atoms with E-state index in [1.807, 2.05) is 39.0 Å². The fourth-order valence-electron chi connectivity index (χ4n) is 0.483. The fourth-order valence-corrected chi connectivity index (χ4v) is 0.483. The third-order valence-electron chi connectivity index (χ3n) is 0.865. The quantitative estimate of drug-likeness (QED) is 0.497. The van der Waals surface area contributed by atoms with Gasteiger partial charge in [-0.15, -0.1) is 0 Å². The molecule has 1 rings (SSSR count). The van der Waals surface area contributed by atoms with Crippen molar-refractivity contribution in [1.82, 2.24) is 0 Å². The van der Waals surface area contributed by atoms with E-state index >= 15 is 0 Å². The van der Waals surface area contributed by atoms with Crippen molar-refractivity contribution in [3.63, 3.8) is 0 Å². The van der Waals surface area contributed by atoms with Gasteiger partial charge in [0.05, 0.1) is 1.37 Å². The summed E-state index contributed by atoms with van der Waals surface area (Å²) in [6, 6.07) is 8.15. The van der Waals surface area contributed by atoms with Gasteiger partial charge < -0.3 is 0 Å². The summed E-state index contributed by atoms with van der Waals surface area (Å²) in [5, 5.41) is 0. The Hall–Kier alpha value is -0.780. The first kappa shape index (κ1) is 6.34. The molecule has 1 aromatic rings. The van der Waals surface area contributed by atoms with Crippen LogP contribution in [0.15, 0.2) is 30.3 Å². The lowest BCUT2D eigenvalue weighted by molar-refractivity contribution is 1.48. The predicted molar refractivity (Wildman–Crippen MR) is 42.5 cm³/mol. The van der Waals surface area contributed by atoms with Crippen molar-refractivity contribution in [1.29, 1.82) is 0 Å². The van der Waals surface area contributed by atoms with Crippen LogP contribution >= 0.6 is 0 Å². The Morgan fingerprint density at radius 1 is 1.22 bits per heavy atom. The van der Waals surface area contributed by atoms with Crippen molar-refractivity contribution >= 4 is 0 Å². The number of hydrogen-bond donors (Lipinski definition) is 0. The minimum absolute atomic E-state index is 0.618. The van der Waals surface area contributed by atoms with E-state index in [0.717, 1.165) is 5.56 Å². The molecular formula is C9H14. The van der Waals surface area contributed by atoms with Gasteiger partial charge in [-0.2, -0.15) is 0 Å². The van der Waals surface area contributed by atoms with Gasteiger partial charge in [0, 0.05) is 0 Å². The molecule has 0 aliphatic carbocycles. The normalized spacial score (nSPS) is 9.00. The maximum absolute atomic E-state index is 7.22. The van der Waals surface area contributed by atoms with Crippen LogP contribution in [0.1, 0.15) is 20.8 Å². The molecule has 0 aliphatic heterocycles. The zero-order valence-electron chi connectivity index (χ0n) is 7.31. The number of aryl methyl sites for hydroxylation is 1. The topological polar surface area (TPSA) is 0 Å². The van der Waals surface area contributed by atoms with Gasteiger partial charge in [-0.1, -0.05) is 49.7 Å². The highest BCUT2D eigenvalue weighted by Crippen LogP contribution is 1.92. The molecule has 0 radical (unpaired) electrons. The molecule has 0 fully saturated rings. The third-order valence-corrected chi connectivity index (χ3v) is 0.865. The van der Waals surface area contributed by atoms with Gasteiger partial charge in [0.1, 0.15) is 0 Å². The van der Waals surface area contributed by atoms with Gasteiger partial charge >= 0.3 is 0 Å². The Morgan fingerprint density at radius 3 is 2.22 bits per heavy atom. The molecule has 0 N–H and O–H groups in total. The van der Waals surface area contributed by atoms with E-state index in [-0.39, 0.29) is 0 Å². The maximum Gasteiger partial charge on any atom is 0.0625 e. The number of benzene rings is 1. The van der Waals surface area contributed by atoms with Crippen LogP contribution in [0, 0.1) is 6.92 Å². The van der Waals surface area contributed by atoms with Crippen LogP contribution in [0.2, 0.25) is 0 Å². The van der Waals surface area contributed by atoms with Gasteiger partial charge in [-0.3, -0.25) is 0 Å². The Balaban J connectivity index is 0.000000371. The van der Waals surface area contributed by atoms with Gasteiger partial charge in [-0.05, 0) is 6.92 Å². The summed E-state index contributed by atoms with van der Waals surface area (Å²) in [5.41, 5.74) is 1.03. The van der Waals surface area contributed by atoms with Crippen molar-refractivity contribution in [2.45, 2.75) is 20.8 Å². The summed E-state index contributed by atoms with van der Waals surface area (Å²) in [5.74, 6) is 0. The zero-order chi connectivity index (χ0) is 7.98. The fraction of sp³-hybridized carbons (Fsp3) is 0.333. The summed E-state index contributed by atoms with van der Waals surface area (Å²) in [6.07, 6.45) is 0. The standard InChI is InChI=1S/C7H8.C2H6/c1-7-5-3-2-4-6-7;1-2/h2-6H,1H3;1-2H3/i5D;. The van der Waals surface area contributed by atoms with Crippen molar-refractivity contribution in [3.05, 3.63) is 35.9 Å². The van der Waals surface area contributed by atoms with Crippen LogP contribution in [0.4, 0.5) is 0 Å². The summed E-state index contributed by atoms with van der Waals surface area (Å²) in [4.78, 5) is 0. The average molecular weight is 123 g/mol. The highest BCUT2D eigenvalue weighted by molar-refractivity contribution is 5.11. The van der Waals surface area contributed by atoms with Crippen LogP contribution < -0.4 is 0 Å². The summed E-state index contributed by atoms with van der Waals surface area (Å²) in [6.45, 7) is 5.93. The predicted octanol–water partition coefficient (Wildman–Crippen LogP) is 3.02. The average Bonchev–Trinajstić information content (AvgIpc) is 2.00. The smallest absolute Gasteiger partial charge is 0.0625 e. The molecule has 0 aromatic heterocycles. The second-order valence-corrected chi connectivity index (χ2v) is 1.55. The van der Waals surface area contributed by atoms with Gasteiger partial charge in [-0.25, -0.2) is 0 Å². The van der Waals surface area contributed by atoms with Crippen LogP contribution in [0.25, 0.3) is 0 Å². The van der Waals surface area contributed by atoms with Crippen LogP contribution in [-0.4, -0.2) is 0 Å². The zero-order valence-corrected chi connectivity index (χ0v) is 6.31.